The molecule has 4 aromatic rings. The van der Waals surface area contributed by atoms with Gasteiger partial charge in [0, 0.05) is 29.9 Å². The van der Waals surface area contributed by atoms with Crippen molar-refractivity contribution in [1.29, 1.82) is 0 Å². The molecule has 1 unspecified atom stereocenters. The van der Waals surface area contributed by atoms with Crippen molar-refractivity contribution < 1.29 is 18.3 Å². The van der Waals surface area contributed by atoms with Gasteiger partial charge >= 0.3 is 0 Å². The molecule has 1 saturated carbocycles. The minimum absolute atomic E-state index is 0.0909. The summed E-state index contributed by atoms with van der Waals surface area (Å²) in [5, 5.41) is 0. The Bertz CT molecular complexity index is 1220. The first-order valence-electron chi connectivity index (χ1n) is 10.3. The molecule has 2 N–H and O–H groups in total. The Kier molecular flexibility index (Phi) is 5.03. The largest absolute Gasteiger partial charge is 0.493 e. The summed E-state index contributed by atoms with van der Waals surface area (Å²) in [6, 6.07) is 13.9. The van der Waals surface area contributed by atoms with E-state index in [1.807, 2.05) is 24.3 Å². The van der Waals surface area contributed by atoms with Gasteiger partial charge in [-0.1, -0.05) is 12.1 Å². The Hall–Kier alpha value is -3.45. The molecule has 5 rings (SSSR count). The molecule has 1 aliphatic rings. The number of pyridine rings is 1. The average Bonchev–Trinajstić information content (AvgIpc) is 3.49. The van der Waals surface area contributed by atoms with Gasteiger partial charge in [0.15, 0.2) is 11.4 Å². The lowest BCUT2D eigenvalue weighted by molar-refractivity contribution is 0.298. The monoisotopic (exact) mass is 419 g/mol. The van der Waals surface area contributed by atoms with Gasteiger partial charge in [0.1, 0.15) is 17.0 Å². The van der Waals surface area contributed by atoms with E-state index in [1.54, 1.807) is 37.4 Å². The Labute approximate surface area is 178 Å². The molecule has 1 atom stereocenters. The molecule has 2 aromatic heterocycles. The van der Waals surface area contributed by atoms with Crippen LogP contribution >= 0.6 is 0 Å². The van der Waals surface area contributed by atoms with Crippen LogP contribution in [0, 0.1) is 11.7 Å². The minimum Gasteiger partial charge on any atom is -0.493 e. The summed E-state index contributed by atoms with van der Waals surface area (Å²) in [7, 11) is 0. The first-order chi connectivity index (χ1) is 15.1. The molecular formula is C24H22FN3O3. The third-order valence-electron chi connectivity index (χ3n) is 5.21. The fourth-order valence-electron chi connectivity index (χ4n) is 3.26. The highest BCUT2D eigenvalue weighted by atomic mass is 19.1. The summed E-state index contributed by atoms with van der Waals surface area (Å²) in [4.78, 5) is 8.69. The van der Waals surface area contributed by atoms with Crippen molar-refractivity contribution in [2.45, 2.75) is 25.8 Å². The number of rotatable bonds is 7. The van der Waals surface area contributed by atoms with Crippen molar-refractivity contribution >= 4 is 11.1 Å². The van der Waals surface area contributed by atoms with Crippen molar-refractivity contribution in [3.63, 3.8) is 0 Å². The lowest BCUT2D eigenvalue weighted by atomic mass is 10.1. The van der Waals surface area contributed by atoms with E-state index >= 15 is 0 Å². The molecule has 1 aliphatic carbocycles. The zero-order valence-corrected chi connectivity index (χ0v) is 17.0. The molecule has 6 nitrogen and oxygen atoms in total. The van der Waals surface area contributed by atoms with E-state index in [-0.39, 0.29) is 11.5 Å². The molecule has 2 aromatic carbocycles. The van der Waals surface area contributed by atoms with E-state index in [1.165, 1.54) is 12.8 Å². The summed E-state index contributed by atoms with van der Waals surface area (Å²) < 4.78 is 31.9. The highest BCUT2D eigenvalue weighted by molar-refractivity contribution is 5.77. The van der Waals surface area contributed by atoms with Gasteiger partial charge in [0.2, 0.25) is 11.8 Å². The number of nitrogens with zero attached hydrogens (tertiary/aromatic N) is 2. The number of benzene rings is 2. The standard InChI is InChI=1S/C24H22FN3O3/c1-14(26)19-8-9-20-23(22(19)25)31-24(28-20)16-7-10-21(27-12-16)30-18-4-2-3-17(11-18)29-13-15-5-6-15/h2-4,7-12,14-15H,5-6,13,26H2,1H3. The van der Waals surface area contributed by atoms with E-state index in [2.05, 4.69) is 9.97 Å². The van der Waals surface area contributed by atoms with Gasteiger partial charge in [-0.15, -0.1) is 0 Å². The number of hydrogen-bond acceptors (Lipinski definition) is 6. The van der Waals surface area contributed by atoms with Gasteiger partial charge < -0.3 is 19.6 Å². The lowest BCUT2D eigenvalue weighted by Crippen LogP contribution is -2.07. The summed E-state index contributed by atoms with van der Waals surface area (Å²) in [5.74, 6) is 2.32. The van der Waals surface area contributed by atoms with Crippen LogP contribution in [-0.2, 0) is 0 Å². The van der Waals surface area contributed by atoms with Gasteiger partial charge in [-0.2, -0.15) is 0 Å². The summed E-state index contributed by atoms with van der Waals surface area (Å²) in [6.07, 6.45) is 4.07. The summed E-state index contributed by atoms with van der Waals surface area (Å²) in [6.45, 7) is 2.46. The fourth-order valence-corrected chi connectivity index (χ4v) is 3.26. The molecule has 31 heavy (non-hydrogen) atoms. The number of ether oxygens (including phenoxy) is 2. The number of hydrogen-bond donors (Lipinski definition) is 1. The Balaban J connectivity index is 1.33. The molecule has 0 bridgehead atoms. The van der Waals surface area contributed by atoms with Gasteiger partial charge in [-0.05, 0) is 49.9 Å². The number of aromatic nitrogens is 2. The van der Waals surface area contributed by atoms with Crippen LogP contribution < -0.4 is 15.2 Å². The molecule has 158 valence electrons. The van der Waals surface area contributed by atoms with Crippen molar-refractivity contribution in [3.05, 3.63) is 66.1 Å². The van der Waals surface area contributed by atoms with Crippen molar-refractivity contribution in [3.8, 4) is 28.8 Å². The first kappa shape index (κ1) is 19.5. The quantitative estimate of drug-likeness (QED) is 0.418. The minimum atomic E-state index is -0.483. The Morgan fingerprint density at radius 2 is 2.00 bits per heavy atom. The van der Waals surface area contributed by atoms with Gasteiger partial charge in [0.05, 0.1) is 12.2 Å². The summed E-state index contributed by atoms with van der Waals surface area (Å²) >= 11 is 0. The van der Waals surface area contributed by atoms with Crippen LogP contribution in [0.25, 0.3) is 22.6 Å². The molecule has 0 radical (unpaired) electrons. The second kappa shape index (κ2) is 8.00. The van der Waals surface area contributed by atoms with Gasteiger partial charge in [0.25, 0.3) is 0 Å². The molecule has 0 aliphatic heterocycles. The number of fused-ring (bicyclic) bond motifs is 1. The second-order valence-electron chi connectivity index (χ2n) is 7.84. The highest BCUT2D eigenvalue weighted by Crippen LogP contribution is 2.32. The maximum atomic E-state index is 14.6. The van der Waals surface area contributed by atoms with Crippen LogP contribution in [0.2, 0.25) is 0 Å². The Morgan fingerprint density at radius 1 is 1.16 bits per heavy atom. The molecular weight excluding hydrogens is 397 g/mol. The molecule has 7 heteroatoms. The normalized spacial score (nSPS) is 14.5. The first-order valence-corrected chi connectivity index (χ1v) is 10.3. The zero-order chi connectivity index (χ0) is 21.4. The molecule has 0 spiro atoms. The molecule has 2 heterocycles. The van der Waals surface area contributed by atoms with E-state index < -0.39 is 11.9 Å². The van der Waals surface area contributed by atoms with Crippen LogP contribution in [0.3, 0.4) is 0 Å². The van der Waals surface area contributed by atoms with E-state index in [4.69, 9.17) is 19.6 Å². The molecule has 0 saturated heterocycles. The van der Waals surface area contributed by atoms with Crippen LogP contribution in [0.5, 0.6) is 17.4 Å². The topological polar surface area (TPSA) is 83.4 Å². The van der Waals surface area contributed by atoms with Crippen LogP contribution in [0.15, 0.2) is 59.1 Å². The number of halogens is 1. The van der Waals surface area contributed by atoms with Crippen molar-refractivity contribution in [2.24, 2.45) is 11.7 Å². The third kappa shape index (κ3) is 4.22. The third-order valence-corrected chi connectivity index (χ3v) is 5.21. The second-order valence-corrected chi connectivity index (χ2v) is 7.84. The molecule has 0 amide bonds. The SMILES string of the molecule is CC(N)c1ccc2nc(-c3ccc(Oc4cccc(OCC5CC5)c4)nc3)oc2c1F. The number of oxazole rings is 1. The van der Waals surface area contributed by atoms with Gasteiger partial charge in [-0.25, -0.2) is 14.4 Å². The van der Waals surface area contributed by atoms with Crippen molar-refractivity contribution in [1.82, 2.24) is 9.97 Å². The van der Waals surface area contributed by atoms with Crippen molar-refractivity contribution in [2.75, 3.05) is 6.61 Å². The van der Waals surface area contributed by atoms with Crippen LogP contribution in [0.4, 0.5) is 4.39 Å². The van der Waals surface area contributed by atoms with E-state index in [9.17, 15) is 4.39 Å². The predicted octanol–water partition coefficient (Wildman–Crippen LogP) is 5.63. The fraction of sp³-hybridized carbons (Fsp3) is 0.250. The lowest BCUT2D eigenvalue weighted by Gasteiger charge is -2.08. The van der Waals surface area contributed by atoms with Crippen LogP contribution in [-0.4, -0.2) is 16.6 Å². The maximum absolute atomic E-state index is 14.6. The smallest absolute Gasteiger partial charge is 0.229 e. The Morgan fingerprint density at radius 3 is 2.74 bits per heavy atom. The van der Waals surface area contributed by atoms with Gasteiger partial charge in [-0.3, -0.25) is 0 Å². The number of nitrogens with two attached hydrogens (primary N) is 1. The van der Waals surface area contributed by atoms with E-state index in [0.717, 1.165) is 12.4 Å². The van der Waals surface area contributed by atoms with E-state index in [0.29, 0.717) is 34.2 Å². The van der Waals surface area contributed by atoms with Crippen LogP contribution in [0.1, 0.15) is 31.4 Å². The molecule has 1 fully saturated rings. The summed E-state index contributed by atoms with van der Waals surface area (Å²) in [5.41, 5.74) is 7.34. The maximum Gasteiger partial charge on any atom is 0.229 e. The highest BCUT2D eigenvalue weighted by Gasteiger charge is 2.22. The zero-order valence-electron chi connectivity index (χ0n) is 17.0. The predicted molar refractivity (Wildman–Crippen MR) is 115 cm³/mol. The average molecular weight is 419 g/mol.